The van der Waals surface area contributed by atoms with Gasteiger partial charge in [-0.25, -0.2) is 4.98 Å². The smallest absolute Gasteiger partial charge is 0.123 e. The van der Waals surface area contributed by atoms with Crippen LogP contribution in [-0.2, 0) is 5.75 Å². The lowest BCUT2D eigenvalue weighted by molar-refractivity contribution is 1.16. The summed E-state index contributed by atoms with van der Waals surface area (Å²) in [6.07, 6.45) is 3.82. The van der Waals surface area contributed by atoms with Crippen molar-refractivity contribution < 1.29 is 0 Å². The lowest BCUT2D eigenvalue weighted by Gasteiger charge is -1.82. The highest BCUT2D eigenvalue weighted by Crippen LogP contribution is 2.16. The summed E-state index contributed by atoms with van der Waals surface area (Å²) in [5.41, 5.74) is 1.07. The minimum Gasteiger partial charge on any atom is -0.297 e. The van der Waals surface area contributed by atoms with Crippen molar-refractivity contribution in [1.82, 2.24) is 9.38 Å². The first-order valence-electron chi connectivity index (χ1n) is 2.91. The Hall–Kier alpha value is -0.480. The Labute approximate surface area is 67.9 Å². The number of thiazole rings is 1. The van der Waals surface area contributed by atoms with Crippen molar-refractivity contribution in [2.24, 2.45) is 0 Å². The molecule has 2 nitrogen and oxygen atoms in total. The van der Waals surface area contributed by atoms with Gasteiger partial charge in [-0.1, -0.05) is 0 Å². The molecule has 0 saturated carbocycles. The van der Waals surface area contributed by atoms with Gasteiger partial charge in [0.1, 0.15) is 11.2 Å². The molecule has 0 unspecified atom stereocenters. The van der Waals surface area contributed by atoms with Gasteiger partial charge in [0, 0.05) is 17.3 Å². The Morgan fingerprint density at radius 2 is 2.60 bits per heavy atom. The van der Waals surface area contributed by atoms with Gasteiger partial charge >= 0.3 is 0 Å². The maximum atomic E-state index is 4.17. The van der Waals surface area contributed by atoms with Crippen LogP contribution in [0.25, 0.3) is 4.83 Å². The van der Waals surface area contributed by atoms with Gasteiger partial charge in [-0.2, -0.15) is 12.6 Å². The van der Waals surface area contributed by atoms with E-state index in [1.165, 1.54) is 4.83 Å². The molecular weight excluding hydrogens is 164 g/mol. The van der Waals surface area contributed by atoms with Gasteiger partial charge < -0.3 is 0 Å². The Kier molecular flexibility index (Phi) is 1.43. The molecule has 4 heteroatoms. The van der Waals surface area contributed by atoms with Crippen LogP contribution in [0.2, 0.25) is 0 Å². The van der Waals surface area contributed by atoms with Crippen molar-refractivity contribution in [3.63, 3.8) is 0 Å². The van der Waals surface area contributed by atoms with Crippen LogP contribution in [0.1, 0.15) is 5.69 Å². The molecule has 2 heterocycles. The molecule has 0 bridgehead atoms. The number of hydrogen-bond acceptors (Lipinski definition) is 3. The molecule has 0 spiro atoms. The first-order valence-corrected chi connectivity index (χ1v) is 4.43. The molecule has 0 aliphatic carbocycles. The summed E-state index contributed by atoms with van der Waals surface area (Å²) >= 11 is 5.85. The first kappa shape index (κ1) is 6.24. The molecule has 2 aromatic heterocycles. The number of rotatable bonds is 1. The highest BCUT2D eigenvalue weighted by molar-refractivity contribution is 7.79. The monoisotopic (exact) mass is 170 g/mol. The molecule has 0 atom stereocenters. The summed E-state index contributed by atoms with van der Waals surface area (Å²) in [6, 6.07) is 0. The summed E-state index contributed by atoms with van der Waals surface area (Å²) in [7, 11) is 0. The van der Waals surface area contributed by atoms with E-state index in [2.05, 4.69) is 17.6 Å². The molecule has 0 N–H and O–H groups in total. The lowest BCUT2D eigenvalue weighted by Crippen LogP contribution is -1.73. The van der Waals surface area contributed by atoms with E-state index in [1.807, 2.05) is 22.3 Å². The zero-order valence-corrected chi connectivity index (χ0v) is 6.90. The maximum Gasteiger partial charge on any atom is 0.123 e. The first-order chi connectivity index (χ1) is 4.92. The summed E-state index contributed by atoms with van der Waals surface area (Å²) < 4.78 is 2.01. The van der Waals surface area contributed by atoms with Crippen molar-refractivity contribution in [1.29, 1.82) is 0 Å². The molecular formula is C6H6N2S2. The van der Waals surface area contributed by atoms with Crippen molar-refractivity contribution in [2.75, 3.05) is 0 Å². The fourth-order valence-corrected chi connectivity index (χ4v) is 2.04. The standard InChI is InChI=1S/C6H6N2S2/c9-3-5-6-8(4-7-5)1-2-10-6/h1-2,4,9H,3H2. The molecule has 0 amide bonds. The van der Waals surface area contributed by atoms with Crippen LogP contribution in [0, 0.1) is 0 Å². The molecule has 10 heavy (non-hydrogen) atoms. The van der Waals surface area contributed by atoms with E-state index < -0.39 is 0 Å². The van der Waals surface area contributed by atoms with Gasteiger partial charge in [0.25, 0.3) is 0 Å². The molecule has 52 valence electrons. The Bertz CT molecular complexity index is 336. The summed E-state index contributed by atoms with van der Waals surface area (Å²) in [5.74, 6) is 0.719. The predicted molar refractivity (Wildman–Crippen MR) is 45.8 cm³/mol. The highest BCUT2D eigenvalue weighted by atomic mass is 32.1. The Balaban J connectivity index is 2.76. The summed E-state index contributed by atoms with van der Waals surface area (Å²) in [6.45, 7) is 0. The van der Waals surface area contributed by atoms with Crippen LogP contribution in [0.4, 0.5) is 0 Å². The van der Waals surface area contributed by atoms with E-state index in [-0.39, 0.29) is 0 Å². The lowest BCUT2D eigenvalue weighted by atomic mass is 10.6. The van der Waals surface area contributed by atoms with E-state index >= 15 is 0 Å². The van der Waals surface area contributed by atoms with Crippen LogP contribution in [0.5, 0.6) is 0 Å². The molecule has 0 aromatic carbocycles. The van der Waals surface area contributed by atoms with E-state index in [4.69, 9.17) is 0 Å². The van der Waals surface area contributed by atoms with Crippen LogP contribution in [0.15, 0.2) is 17.9 Å². The SMILES string of the molecule is SCc1ncn2ccsc12. The van der Waals surface area contributed by atoms with Crippen molar-refractivity contribution in [2.45, 2.75) is 5.75 Å². The van der Waals surface area contributed by atoms with Crippen molar-refractivity contribution in [3.8, 4) is 0 Å². The summed E-state index contributed by atoms with van der Waals surface area (Å²) in [4.78, 5) is 5.37. The average Bonchev–Trinajstić information content (AvgIpc) is 2.44. The van der Waals surface area contributed by atoms with Gasteiger partial charge in [-0.05, 0) is 0 Å². The number of nitrogens with zero attached hydrogens (tertiary/aromatic N) is 2. The molecule has 2 rings (SSSR count). The van der Waals surface area contributed by atoms with Crippen LogP contribution in [0.3, 0.4) is 0 Å². The normalized spacial score (nSPS) is 10.9. The second kappa shape index (κ2) is 2.29. The Morgan fingerprint density at radius 1 is 1.70 bits per heavy atom. The van der Waals surface area contributed by atoms with Crippen LogP contribution in [-0.4, -0.2) is 9.38 Å². The quantitative estimate of drug-likeness (QED) is 0.646. The third kappa shape index (κ3) is 0.759. The fraction of sp³-hybridized carbons (Fsp3) is 0.167. The number of aromatic nitrogens is 2. The zero-order chi connectivity index (χ0) is 6.97. The van der Waals surface area contributed by atoms with Crippen LogP contribution >= 0.6 is 24.0 Å². The largest absolute Gasteiger partial charge is 0.297 e. The molecule has 2 aromatic rings. The van der Waals surface area contributed by atoms with E-state index in [1.54, 1.807) is 11.3 Å². The van der Waals surface area contributed by atoms with Crippen molar-refractivity contribution >= 4 is 28.8 Å². The number of fused-ring (bicyclic) bond motifs is 1. The maximum absolute atomic E-state index is 4.17. The number of thiol groups is 1. The second-order valence-electron chi connectivity index (χ2n) is 1.96. The predicted octanol–water partition coefficient (Wildman–Crippen LogP) is 1.83. The molecule has 0 fully saturated rings. The van der Waals surface area contributed by atoms with E-state index in [9.17, 15) is 0 Å². The van der Waals surface area contributed by atoms with Gasteiger partial charge in [0.2, 0.25) is 0 Å². The molecule has 0 aliphatic rings. The van der Waals surface area contributed by atoms with E-state index in [0.717, 1.165) is 11.4 Å². The molecule has 0 radical (unpaired) electrons. The third-order valence-electron chi connectivity index (χ3n) is 1.37. The second-order valence-corrected chi connectivity index (χ2v) is 3.18. The zero-order valence-electron chi connectivity index (χ0n) is 5.19. The summed E-state index contributed by atoms with van der Waals surface area (Å²) in [5, 5.41) is 2.05. The van der Waals surface area contributed by atoms with Gasteiger partial charge in [-0.15, -0.1) is 11.3 Å². The molecule has 0 aliphatic heterocycles. The van der Waals surface area contributed by atoms with Crippen molar-refractivity contribution in [3.05, 3.63) is 23.6 Å². The van der Waals surface area contributed by atoms with Gasteiger partial charge in [-0.3, -0.25) is 4.40 Å². The van der Waals surface area contributed by atoms with Crippen LogP contribution < -0.4 is 0 Å². The van der Waals surface area contributed by atoms with E-state index in [0.29, 0.717) is 0 Å². The third-order valence-corrected chi connectivity index (χ3v) is 2.60. The fourth-order valence-electron chi connectivity index (χ4n) is 0.893. The minimum atomic E-state index is 0.719. The molecule has 0 saturated heterocycles. The average molecular weight is 170 g/mol. The number of hydrogen-bond donors (Lipinski definition) is 1. The van der Waals surface area contributed by atoms with Gasteiger partial charge in [0.15, 0.2) is 0 Å². The van der Waals surface area contributed by atoms with Gasteiger partial charge in [0.05, 0.1) is 5.69 Å². The highest BCUT2D eigenvalue weighted by Gasteiger charge is 2.01. The number of imidazole rings is 1. The minimum absolute atomic E-state index is 0.719. The Morgan fingerprint density at radius 3 is 3.40 bits per heavy atom. The topological polar surface area (TPSA) is 17.3 Å².